The first-order valence-electron chi connectivity index (χ1n) is 6.85. The van der Waals surface area contributed by atoms with Gasteiger partial charge in [-0.15, -0.1) is 0 Å². The molecule has 2 aromatic rings. The largest absolute Gasteiger partial charge is 0.496 e. The molecule has 0 amide bonds. The Labute approximate surface area is 130 Å². The van der Waals surface area contributed by atoms with Crippen molar-refractivity contribution in [1.82, 2.24) is 5.32 Å². The second kappa shape index (κ2) is 6.83. The molecular weight excluding hydrogens is 286 g/mol. The minimum Gasteiger partial charge on any atom is -0.496 e. The summed E-state index contributed by atoms with van der Waals surface area (Å²) >= 11 is 6.05. The van der Waals surface area contributed by atoms with Gasteiger partial charge in [0.2, 0.25) is 0 Å². The second-order valence-corrected chi connectivity index (χ2v) is 5.33. The van der Waals surface area contributed by atoms with Crippen LogP contribution in [0.25, 0.3) is 0 Å². The Balaban J connectivity index is 2.46. The van der Waals surface area contributed by atoms with Crippen molar-refractivity contribution in [2.45, 2.75) is 19.9 Å². The van der Waals surface area contributed by atoms with Crippen LogP contribution >= 0.6 is 11.6 Å². The average Bonchev–Trinajstić information content (AvgIpc) is 2.49. The van der Waals surface area contributed by atoms with Crippen LogP contribution in [0, 0.1) is 6.92 Å². The van der Waals surface area contributed by atoms with E-state index in [0.717, 1.165) is 28.4 Å². The molecule has 112 valence electrons. The van der Waals surface area contributed by atoms with Crippen molar-refractivity contribution in [3.63, 3.8) is 0 Å². The molecule has 0 spiro atoms. The molecule has 0 fully saturated rings. The first kappa shape index (κ1) is 15.7. The fraction of sp³-hybridized carbons (Fsp3) is 0.294. The highest BCUT2D eigenvalue weighted by Gasteiger charge is 2.17. The Morgan fingerprint density at radius 3 is 2.48 bits per heavy atom. The molecule has 3 nitrogen and oxygen atoms in total. The standard InChI is InChI=1S/C17H20ClNO2/c1-11-8-9-13(18)10-16(11)21-15-7-5-6-14(20-4)17(15)12(2)19-3/h5-10,12,19H,1-4H3. The molecule has 0 bridgehead atoms. The van der Waals surface area contributed by atoms with E-state index in [-0.39, 0.29) is 6.04 Å². The number of hydrogen-bond donors (Lipinski definition) is 1. The van der Waals surface area contributed by atoms with E-state index < -0.39 is 0 Å². The quantitative estimate of drug-likeness (QED) is 0.866. The van der Waals surface area contributed by atoms with Gasteiger partial charge in [-0.05, 0) is 50.7 Å². The van der Waals surface area contributed by atoms with Crippen LogP contribution < -0.4 is 14.8 Å². The summed E-state index contributed by atoms with van der Waals surface area (Å²) < 4.78 is 11.5. The van der Waals surface area contributed by atoms with E-state index >= 15 is 0 Å². The van der Waals surface area contributed by atoms with Crippen molar-refractivity contribution >= 4 is 11.6 Å². The van der Waals surface area contributed by atoms with Gasteiger partial charge >= 0.3 is 0 Å². The molecule has 1 unspecified atom stereocenters. The normalized spacial score (nSPS) is 12.0. The molecule has 2 aromatic carbocycles. The van der Waals surface area contributed by atoms with E-state index in [1.54, 1.807) is 7.11 Å². The lowest BCUT2D eigenvalue weighted by Crippen LogP contribution is -2.14. The van der Waals surface area contributed by atoms with Crippen LogP contribution in [0.2, 0.25) is 5.02 Å². The van der Waals surface area contributed by atoms with Gasteiger partial charge in [0.25, 0.3) is 0 Å². The van der Waals surface area contributed by atoms with Crippen LogP contribution in [0.3, 0.4) is 0 Å². The summed E-state index contributed by atoms with van der Waals surface area (Å²) in [7, 11) is 3.57. The highest BCUT2D eigenvalue weighted by atomic mass is 35.5. The third-order valence-corrected chi connectivity index (χ3v) is 3.72. The summed E-state index contributed by atoms with van der Waals surface area (Å²) in [6, 6.07) is 11.5. The maximum absolute atomic E-state index is 6.08. The van der Waals surface area contributed by atoms with Gasteiger partial charge in [0, 0.05) is 11.1 Å². The number of benzene rings is 2. The summed E-state index contributed by atoms with van der Waals surface area (Å²) in [5.74, 6) is 2.32. The van der Waals surface area contributed by atoms with Crippen molar-refractivity contribution in [1.29, 1.82) is 0 Å². The van der Waals surface area contributed by atoms with E-state index in [2.05, 4.69) is 12.2 Å². The van der Waals surface area contributed by atoms with Gasteiger partial charge in [-0.3, -0.25) is 0 Å². The predicted molar refractivity (Wildman–Crippen MR) is 86.7 cm³/mol. The van der Waals surface area contributed by atoms with Crippen LogP contribution in [0.5, 0.6) is 17.2 Å². The third kappa shape index (κ3) is 3.49. The zero-order valence-corrected chi connectivity index (χ0v) is 13.5. The number of hydrogen-bond acceptors (Lipinski definition) is 3. The zero-order valence-electron chi connectivity index (χ0n) is 12.7. The number of aryl methyl sites for hydroxylation is 1. The van der Waals surface area contributed by atoms with Crippen molar-refractivity contribution in [3.8, 4) is 17.2 Å². The monoisotopic (exact) mass is 305 g/mol. The van der Waals surface area contributed by atoms with Crippen LogP contribution in [-0.2, 0) is 0 Å². The van der Waals surface area contributed by atoms with E-state index in [1.807, 2.05) is 50.4 Å². The molecular formula is C17H20ClNO2. The summed E-state index contributed by atoms with van der Waals surface area (Å²) in [5.41, 5.74) is 2.02. The molecule has 0 aliphatic carbocycles. The molecule has 0 aliphatic heterocycles. The first-order valence-corrected chi connectivity index (χ1v) is 7.22. The number of ether oxygens (including phenoxy) is 2. The second-order valence-electron chi connectivity index (χ2n) is 4.89. The number of methoxy groups -OCH3 is 1. The smallest absolute Gasteiger partial charge is 0.135 e. The lowest BCUT2D eigenvalue weighted by molar-refractivity contribution is 0.393. The van der Waals surface area contributed by atoms with Crippen LogP contribution in [-0.4, -0.2) is 14.2 Å². The Hall–Kier alpha value is -1.71. The van der Waals surface area contributed by atoms with Crippen LogP contribution in [0.15, 0.2) is 36.4 Å². The molecule has 2 rings (SSSR count). The maximum Gasteiger partial charge on any atom is 0.135 e. The fourth-order valence-corrected chi connectivity index (χ4v) is 2.33. The van der Waals surface area contributed by atoms with Crippen LogP contribution in [0.4, 0.5) is 0 Å². The Kier molecular flexibility index (Phi) is 5.10. The fourth-order valence-electron chi connectivity index (χ4n) is 2.16. The SMILES string of the molecule is CNC(C)c1c(OC)cccc1Oc1cc(Cl)ccc1C. The molecule has 21 heavy (non-hydrogen) atoms. The topological polar surface area (TPSA) is 30.5 Å². The van der Waals surface area contributed by atoms with Gasteiger partial charge < -0.3 is 14.8 Å². The molecule has 0 saturated heterocycles. The minimum atomic E-state index is 0.107. The van der Waals surface area contributed by atoms with Gasteiger partial charge in [0.1, 0.15) is 17.2 Å². The van der Waals surface area contributed by atoms with Gasteiger partial charge in [-0.25, -0.2) is 0 Å². The zero-order chi connectivity index (χ0) is 15.4. The first-order chi connectivity index (χ1) is 10.1. The predicted octanol–water partition coefficient (Wildman–Crippen LogP) is 4.73. The highest BCUT2D eigenvalue weighted by Crippen LogP contribution is 2.37. The molecule has 0 saturated carbocycles. The number of nitrogens with one attached hydrogen (secondary N) is 1. The van der Waals surface area contributed by atoms with Crippen molar-refractivity contribution < 1.29 is 9.47 Å². The third-order valence-electron chi connectivity index (χ3n) is 3.48. The van der Waals surface area contributed by atoms with E-state index in [1.165, 1.54) is 0 Å². The molecule has 0 heterocycles. The summed E-state index contributed by atoms with van der Waals surface area (Å²) in [6.07, 6.45) is 0. The molecule has 1 atom stereocenters. The van der Waals surface area contributed by atoms with Gasteiger partial charge in [-0.2, -0.15) is 0 Å². The average molecular weight is 306 g/mol. The van der Waals surface area contributed by atoms with Gasteiger partial charge in [0.05, 0.1) is 12.7 Å². The number of halogens is 1. The van der Waals surface area contributed by atoms with E-state index in [4.69, 9.17) is 21.1 Å². The number of rotatable bonds is 5. The maximum atomic E-state index is 6.08. The molecule has 0 aromatic heterocycles. The summed E-state index contributed by atoms with van der Waals surface area (Å²) in [6.45, 7) is 4.06. The Morgan fingerprint density at radius 1 is 1.10 bits per heavy atom. The van der Waals surface area contributed by atoms with Crippen molar-refractivity contribution in [2.24, 2.45) is 0 Å². The molecule has 0 aliphatic rings. The lowest BCUT2D eigenvalue weighted by Gasteiger charge is -2.20. The summed E-state index contributed by atoms with van der Waals surface area (Å²) in [4.78, 5) is 0. The van der Waals surface area contributed by atoms with Gasteiger partial charge in [-0.1, -0.05) is 23.7 Å². The molecule has 1 N–H and O–H groups in total. The van der Waals surface area contributed by atoms with Crippen molar-refractivity contribution in [2.75, 3.05) is 14.2 Å². The molecule has 4 heteroatoms. The Morgan fingerprint density at radius 2 is 1.81 bits per heavy atom. The minimum absolute atomic E-state index is 0.107. The van der Waals surface area contributed by atoms with E-state index in [9.17, 15) is 0 Å². The van der Waals surface area contributed by atoms with Crippen LogP contribution in [0.1, 0.15) is 24.1 Å². The lowest BCUT2D eigenvalue weighted by atomic mass is 10.1. The van der Waals surface area contributed by atoms with Gasteiger partial charge in [0.15, 0.2) is 0 Å². The van der Waals surface area contributed by atoms with E-state index in [0.29, 0.717) is 5.02 Å². The molecule has 0 radical (unpaired) electrons. The Bertz CT molecular complexity index is 628. The van der Waals surface area contributed by atoms with Crippen molar-refractivity contribution in [3.05, 3.63) is 52.5 Å². The highest BCUT2D eigenvalue weighted by molar-refractivity contribution is 6.30. The summed E-state index contributed by atoms with van der Waals surface area (Å²) in [5, 5.41) is 3.88.